The van der Waals surface area contributed by atoms with Gasteiger partial charge in [-0.05, 0) is 97.6 Å². The number of fused-ring (bicyclic) bond motifs is 1. The number of likely N-dealkylation sites (N-methyl/N-ethyl adjacent to an activating group) is 1. The average Bonchev–Trinajstić information content (AvgIpc) is 3.01. The van der Waals surface area contributed by atoms with Crippen molar-refractivity contribution in [3.05, 3.63) is 77.7 Å². The number of nitrogens with zero attached hydrogens (tertiary/aromatic N) is 5. The molecule has 5 aromatic rings. The third-order valence-electron chi connectivity index (χ3n) is 8.39. The van der Waals surface area contributed by atoms with E-state index in [1.165, 1.54) is 5.56 Å². The predicted molar refractivity (Wildman–Crippen MR) is 183 cm³/mol. The first-order chi connectivity index (χ1) is 22.0. The molecule has 0 atom stereocenters. The van der Waals surface area contributed by atoms with Gasteiger partial charge in [-0.15, -0.1) is 0 Å². The number of carbonyl (C=O) groups is 1. The van der Waals surface area contributed by atoms with Crippen molar-refractivity contribution in [1.29, 1.82) is 0 Å². The summed E-state index contributed by atoms with van der Waals surface area (Å²) in [5.74, 6) is 0.734. The Balaban J connectivity index is 0.000000692. The maximum atomic E-state index is 12.0. The molecule has 0 saturated carbocycles. The number of carboxylic acids is 1. The zero-order chi connectivity index (χ0) is 32.6. The van der Waals surface area contributed by atoms with Gasteiger partial charge in [-0.1, -0.05) is 18.2 Å². The van der Waals surface area contributed by atoms with Gasteiger partial charge in [0.05, 0.1) is 24.1 Å². The lowest BCUT2D eigenvalue weighted by Crippen LogP contribution is -2.45. The van der Waals surface area contributed by atoms with Crippen LogP contribution < -0.4 is 9.64 Å². The number of pyridine rings is 1. The smallest absolute Gasteiger partial charge is 0.307 e. The van der Waals surface area contributed by atoms with E-state index in [2.05, 4.69) is 51.1 Å². The van der Waals surface area contributed by atoms with E-state index in [1.54, 1.807) is 20.8 Å². The topological polar surface area (TPSA) is 112 Å². The van der Waals surface area contributed by atoms with Gasteiger partial charge in [0.2, 0.25) is 5.95 Å². The minimum Gasteiger partial charge on any atom is -0.493 e. The second-order valence-electron chi connectivity index (χ2n) is 13.2. The Morgan fingerprint density at radius 1 is 0.957 bits per heavy atom. The summed E-state index contributed by atoms with van der Waals surface area (Å²) >= 11 is 0. The standard InChI is InChI=1S/C33H31N5O3.C4H10O/c1-20-15-23-16-22(24-18-35-33(36-19-24)38-12-10-37(2)11-13-38)3-4-25(23)31(27(20)17-29(39)40)26-5-6-28-30-21(8-14-41-28)7-9-34-32(26)30;1-4(2,3)5/h3-7,9,15-16,18-19H,8,10-14,17H2,1-2H3,(H,39,40);5H,1-3H3. The van der Waals surface area contributed by atoms with Crippen molar-refractivity contribution in [2.24, 2.45) is 0 Å². The van der Waals surface area contributed by atoms with E-state index in [0.717, 1.165) is 99.4 Å². The van der Waals surface area contributed by atoms with Crippen LogP contribution in [0.25, 0.3) is 43.9 Å². The molecule has 0 spiro atoms. The highest BCUT2D eigenvalue weighted by Crippen LogP contribution is 2.43. The van der Waals surface area contributed by atoms with Crippen LogP contribution in [0.2, 0.25) is 0 Å². The lowest BCUT2D eigenvalue weighted by atomic mass is 9.86. The zero-order valence-electron chi connectivity index (χ0n) is 27.2. The van der Waals surface area contributed by atoms with Crippen molar-refractivity contribution in [3.8, 4) is 28.0 Å². The molecule has 2 N–H and O–H groups in total. The Labute approximate surface area is 269 Å². The van der Waals surface area contributed by atoms with E-state index >= 15 is 0 Å². The molecule has 1 saturated heterocycles. The minimum absolute atomic E-state index is 0.0696. The number of hydrogen-bond donors (Lipinski definition) is 2. The van der Waals surface area contributed by atoms with Gasteiger partial charge in [0.1, 0.15) is 5.75 Å². The van der Waals surface area contributed by atoms with Gasteiger partial charge < -0.3 is 24.7 Å². The van der Waals surface area contributed by atoms with Crippen LogP contribution in [0.5, 0.6) is 5.75 Å². The van der Waals surface area contributed by atoms with Gasteiger partial charge in [-0.3, -0.25) is 9.78 Å². The molecule has 0 amide bonds. The molecule has 7 rings (SSSR count). The molecular formula is C37H41N5O4. The third kappa shape index (κ3) is 6.66. The van der Waals surface area contributed by atoms with Crippen LogP contribution >= 0.6 is 0 Å². The molecule has 1 fully saturated rings. The SMILES string of the molecule is CC(C)(C)O.Cc1cc2cc(-c3cnc(N4CCN(C)CC4)nc3)ccc2c(-c2ccc3c4c(ccnc24)CCO3)c1CC(=O)O. The Morgan fingerprint density at radius 3 is 2.37 bits per heavy atom. The predicted octanol–water partition coefficient (Wildman–Crippen LogP) is 5.91. The Kier molecular flexibility index (Phi) is 8.63. The third-order valence-corrected chi connectivity index (χ3v) is 8.39. The van der Waals surface area contributed by atoms with Gasteiger partial charge in [0.25, 0.3) is 0 Å². The number of aliphatic hydroxyl groups is 1. The normalized spacial score (nSPS) is 15.0. The van der Waals surface area contributed by atoms with Crippen molar-refractivity contribution < 1.29 is 19.7 Å². The number of hydrogen-bond acceptors (Lipinski definition) is 8. The molecule has 3 aromatic carbocycles. The van der Waals surface area contributed by atoms with Crippen LogP contribution in [-0.2, 0) is 17.6 Å². The molecule has 2 aliphatic heterocycles. The number of aryl methyl sites for hydroxylation is 1. The molecule has 9 nitrogen and oxygen atoms in total. The van der Waals surface area contributed by atoms with E-state index in [0.29, 0.717) is 6.61 Å². The van der Waals surface area contributed by atoms with Crippen LogP contribution in [0.1, 0.15) is 37.5 Å². The van der Waals surface area contributed by atoms with Gasteiger partial charge in [0, 0.05) is 67.7 Å². The van der Waals surface area contributed by atoms with Crippen molar-refractivity contribution in [1.82, 2.24) is 19.9 Å². The first-order valence-corrected chi connectivity index (χ1v) is 15.8. The van der Waals surface area contributed by atoms with Gasteiger partial charge in [-0.2, -0.15) is 0 Å². The second kappa shape index (κ2) is 12.7. The van der Waals surface area contributed by atoms with Crippen LogP contribution in [-0.4, -0.2) is 81.5 Å². The van der Waals surface area contributed by atoms with E-state index < -0.39 is 11.6 Å². The highest BCUT2D eigenvalue weighted by atomic mass is 16.5. The van der Waals surface area contributed by atoms with Crippen molar-refractivity contribution >= 4 is 33.6 Å². The van der Waals surface area contributed by atoms with Gasteiger partial charge in [0.15, 0.2) is 0 Å². The summed E-state index contributed by atoms with van der Waals surface area (Å²) in [6.45, 7) is 11.7. The summed E-state index contributed by atoms with van der Waals surface area (Å²) in [6, 6.07) is 14.5. The molecule has 0 bridgehead atoms. The highest BCUT2D eigenvalue weighted by Gasteiger charge is 2.23. The summed E-state index contributed by atoms with van der Waals surface area (Å²) in [5.41, 5.74) is 7.09. The molecule has 46 heavy (non-hydrogen) atoms. The lowest BCUT2D eigenvalue weighted by molar-refractivity contribution is -0.136. The molecular weight excluding hydrogens is 578 g/mol. The number of rotatable bonds is 5. The fourth-order valence-electron chi connectivity index (χ4n) is 6.20. The second-order valence-corrected chi connectivity index (χ2v) is 13.2. The summed E-state index contributed by atoms with van der Waals surface area (Å²) < 4.78 is 5.96. The first-order valence-electron chi connectivity index (χ1n) is 15.8. The summed E-state index contributed by atoms with van der Waals surface area (Å²) in [5, 5.41) is 21.4. The summed E-state index contributed by atoms with van der Waals surface area (Å²) in [4.78, 5) is 30.7. The number of aliphatic carboxylic acids is 1. The summed E-state index contributed by atoms with van der Waals surface area (Å²) in [7, 11) is 2.14. The lowest BCUT2D eigenvalue weighted by Gasteiger charge is -2.32. The number of aromatic nitrogens is 3. The maximum absolute atomic E-state index is 12.0. The Morgan fingerprint density at radius 2 is 1.67 bits per heavy atom. The van der Waals surface area contributed by atoms with Crippen molar-refractivity contribution in [2.45, 2.75) is 46.1 Å². The molecule has 238 valence electrons. The first kappa shape index (κ1) is 31.4. The molecule has 0 unspecified atom stereocenters. The quantitative estimate of drug-likeness (QED) is 0.248. The molecule has 4 heterocycles. The van der Waals surface area contributed by atoms with E-state index in [9.17, 15) is 9.90 Å². The molecule has 2 aromatic heterocycles. The highest BCUT2D eigenvalue weighted by molar-refractivity contribution is 6.09. The van der Waals surface area contributed by atoms with Crippen LogP contribution in [0.3, 0.4) is 0 Å². The maximum Gasteiger partial charge on any atom is 0.307 e. The largest absolute Gasteiger partial charge is 0.493 e. The van der Waals surface area contributed by atoms with E-state index in [-0.39, 0.29) is 6.42 Å². The monoisotopic (exact) mass is 619 g/mol. The fourth-order valence-corrected chi connectivity index (χ4v) is 6.20. The van der Waals surface area contributed by atoms with Crippen LogP contribution in [0, 0.1) is 6.92 Å². The number of benzene rings is 3. The number of piperazine rings is 1. The minimum atomic E-state index is -0.859. The zero-order valence-corrected chi connectivity index (χ0v) is 27.2. The average molecular weight is 620 g/mol. The number of anilines is 1. The molecule has 0 aliphatic carbocycles. The number of carboxylic acid groups (broad SMARTS) is 1. The van der Waals surface area contributed by atoms with Crippen molar-refractivity contribution in [2.75, 3.05) is 44.7 Å². The van der Waals surface area contributed by atoms with Crippen molar-refractivity contribution in [3.63, 3.8) is 0 Å². The van der Waals surface area contributed by atoms with Crippen LogP contribution in [0.15, 0.2) is 61.1 Å². The summed E-state index contributed by atoms with van der Waals surface area (Å²) in [6.07, 6.45) is 6.38. The van der Waals surface area contributed by atoms with Gasteiger partial charge >= 0.3 is 5.97 Å². The van der Waals surface area contributed by atoms with Crippen LogP contribution in [0.4, 0.5) is 5.95 Å². The molecule has 9 heteroatoms. The Hall–Kier alpha value is -4.60. The van der Waals surface area contributed by atoms with E-state index in [1.807, 2.05) is 43.7 Å². The molecule has 2 aliphatic rings. The Bertz CT molecular complexity index is 1890. The van der Waals surface area contributed by atoms with Gasteiger partial charge in [-0.25, -0.2) is 9.97 Å². The fraction of sp³-hybridized carbons (Fsp3) is 0.351. The molecule has 0 radical (unpaired) electrons. The number of ether oxygens (including phenoxy) is 1. The van der Waals surface area contributed by atoms with E-state index in [4.69, 9.17) is 14.8 Å².